The Hall–Kier alpha value is -2.27. The molecule has 1 aliphatic carbocycles. The molecule has 0 amide bonds. The fraction of sp³-hybridized carbons (Fsp3) is 0.0714. The first kappa shape index (κ1) is 11.8. The van der Waals surface area contributed by atoms with Crippen LogP contribution in [0.2, 0.25) is 0 Å². The molecule has 0 unspecified atom stereocenters. The average molecular weight is 272 g/mol. The molecule has 1 heterocycles. The maximum absolute atomic E-state index is 12.3. The van der Waals surface area contributed by atoms with E-state index in [1.54, 1.807) is 0 Å². The molecule has 0 radical (unpaired) electrons. The standard InChI is InChI=1S/C14H8O4S/c1-6(15)10-5-8-12(17)11-7(3-2-4-9(11)16)13(18)14(8)19-10/h2-5,16H,1H3. The lowest BCUT2D eigenvalue weighted by molar-refractivity contribution is 0.0980. The summed E-state index contributed by atoms with van der Waals surface area (Å²) in [7, 11) is 0. The number of fused-ring (bicyclic) bond motifs is 2. The van der Waals surface area contributed by atoms with Gasteiger partial charge in [0.05, 0.1) is 15.3 Å². The second kappa shape index (κ2) is 3.86. The molecule has 1 aromatic carbocycles. The van der Waals surface area contributed by atoms with E-state index in [1.807, 2.05) is 0 Å². The molecule has 0 fully saturated rings. The van der Waals surface area contributed by atoms with E-state index in [0.29, 0.717) is 4.88 Å². The van der Waals surface area contributed by atoms with Crippen LogP contribution in [0.5, 0.6) is 5.75 Å². The predicted octanol–water partition coefficient (Wildman–Crippen LogP) is 2.43. The second-order valence-corrected chi connectivity index (χ2v) is 5.32. The summed E-state index contributed by atoms with van der Waals surface area (Å²) in [5.74, 6) is -1.13. The molecule has 0 saturated carbocycles. The highest BCUT2D eigenvalue weighted by atomic mass is 32.1. The number of Topliss-reactive ketones (excluding diaryl/α,β-unsaturated/α-hetero) is 1. The van der Waals surface area contributed by atoms with E-state index in [2.05, 4.69) is 0 Å². The maximum atomic E-state index is 12.3. The fourth-order valence-electron chi connectivity index (χ4n) is 2.13. The van der Waals surface area contributed by atoms with E-state index in [-0.39, 0.29) is 38.9 Å². The first-order chi connectivity index (χ1) is 9.00. The van der Waals surface area contributed by atoms with Gasteiger partial charge in [-0.2, -0.15) is 0 Å². The average Bonchev–Trinajstić information content (AvgIpc) is 2.81. The number of hydrogen-bond acceptors (Lipinski definition) is 5. The molecule has 0 saturated heterocycles. The van der Waals surface area contributed by atoms with E-state index < -0.39 is 5.78 Å². The van der Waals surface area contributed by atoms with Crippen LogP contribution in [0.1, 0.15) is 47.8 Å². The molecule has 0 aliphatic heterocycles. The molecule has 1 aromatic heterocycles. The van der Waals surface area contributed by atoms with Gasteiger partial charge in [0.1, 0.15) is 5.75 Å². The molecule has 4 nitrogen and oxygen atoms in total. The molecule has 19 heavy (non-hydrogen) atoms. The van der Waals surface area contributed by atoms with E-state index >= 15 is 0 Å². The molecule has 0 bridgehead atoms. The van der Waals surface area contributed by atoms with Crippen molar-refractivity contribution in [2.45, 2.75) is 6.92 Å². The number of carbonyl (C=O) groups excluding carboxylic acids is 3. The molecule has 1 N–H and O–H groups in total. The van der Waals surface area contributed by atoms with Gasteiger partial charge in [-0.05, 0) is 25.1 Å². The van der Waals surface area contributed by atoms with Crippen LogP contribution < -0.4 is 0 Å². The number of thiophene rings is 1. The Labute approximate surface area is 112 Å². The number of ketones is 3. The zero-order chi connectivity index (χ0) is 13.7. The Balaban J connectivity index is 2.30. The highest BCUT2D eigenvalue weighted by Crippen LogP contribution is 2.36. The highest BCUT2D eigenvalue weighted by molar-refractivity contribution is 7.16. The summed E-state index contributed by atoms with van der Waals surface area (Å²) in [5, 5.41) is 9.75. The van der Waals surface area contributed by atoms with Gasteiger partial charge in [0.15, 0.2) is 11.6 Å². The van der Waals surface area contributed by atoms with E-state index in [4.69, 9.17) is 0 Å². The summed E-state index contributed by atoms with van der Waals surface area (Å²) >= 11 is 1.02. The van der Waals surface area contributed by atoms with Gasteiger partial charge >= 0.3 is 0 Å². The van der Waals surface area contributed by atoms with Crippen LogP contribution in [0.15, 0.2) is 24.3 Å². The van der Waals surface area contributed by atoms with Crippen LogP contribution in [-0.4, -0.2) is 22.5 Å². The molecular weight excluding hydrogens is 264 g/mol. The molecule has 0 atom stereocenters. The fourth-order valence-corrected chi connectivity index (χ4v) is 3.13. The molecule has 0 spiro atoms. The number of benzene rings is 1. The zero-order valence-electron chi connectivity index (χ0n) is 9.89. The van der Waals surface area contributed by atoms with Crippen molar-refractivity contribution in [2.24, 2.45) is 0 Å². The summed E-state index contributed by atoms with van der Waals surface area (Å²) in [6, 6.07) is 5.82. The van der Waals surface area contributed by atoms with Gasteiger partial charge in [-0.25, -0.2) is 0 Å². The van der Waals surface area contributed by atoms with Crippen molar-refractivity contribution in [3.63, 3.8) is 0 Å². The van der Waals surface area contributed by atoms with Gasteiger partial charge in [-0.1, -0.05) is 6.07 Å². The van der Waals surface area contributed by atoms with Crippen molar-refractivity contribution < 1.29 is 19.5 Å². The van der Waals surface area contributed by atoms with E-state index in [1.165, 1.54) is 31.2 Å². The number of phenolic OH excluding ortho intramolecular Hbond substituents is 1. The van der Waals surface area contributed by atoms with Gasteiger partial charge < -0.3 is 5.11 Å². The Morgan fingerprint density at radius 1 is 1.16 bits per heavy atom. The largest absolute Gasteiger partial charge is 0.507 e. The normalized spacial score (nSPS) is 13.1. The van der Waals surface area contributed by atoms with Crippen molar-refractivity contribution in [3.8, 4) is 5.75 Å². The smallest absolute Gasteiger partial charge is 0.204 e. The number of rotatable bonds is 1. The SMILES string of the molecule is CC(=O)c1cc2c(s1)C(=O)c1cccc(O)c1C2=O. The highest BCUT2D eigenvalue weighted by Gasteiger charge is 2.34. The number of phenols is 1. The molecule has 1 aliphatic rings. The van der Waals surface area contributed by atoms with Crippen LogP contribution in [0.25, 0.3) is 0 Å². The Morgan fingerprint density at radius 3 is 2.58 bits per heavy atom. The molecule has 94 valence electrons. The van der Waals surface area contributed by atoms with Crippen LogP contribution >= 0.6 is 11.3 Å². The third-order valence-corrected chi connectivity index (χ3v) is 4.28. The van der Waals surface area contributed by atoms with Gasteiger partial charge in [-0.3, -0.25) is 14.4 Å². The van der Waals surface area contributed by atoms with Crippen LogP contribution in [-0.2, 0) is 0 Å². The Bertz CT molecular complexity index is 755. The van der Waals surface area contributed by atoms with Crippen molar-refractivity contribution in [1.82, 2.24) is 0 Å². The van der Waals surface area contributed by atoms with Crippen molar-refractivity contribution in [3.05, 3.63) is 50.7 Å². The van der Waals surface area contributed by atoms with Crippen LogP contribution in [0.4, 0.5) is 0 Å². The molecule has 5 heteroatoms. The molecular formula is C14H8O4S. The van der Waals surface area contributed by atoms with Crippen molar-refractivity contribution >= 4 is 28.7 Å². The minimum atomic E-state index is -0.411. The lowest BCUT2D eigenvalue weighted by atomic mass is 9.88. The quantitative estimate of drug-likeness (QED) is 0.691. The summed E-state index contributed by atoms with van der Waals surface area (Å²) in [6.45, 7) is 1.39. The summed E-state index contributed by atoms with van der Waals surface area (Å²) in [6.07, 6.45) is 0. The molecule has 2 aromatic rings. The first-order valence-corrected chi connectivity index (χ1v) is 6.38. The summed E-state index contributed by atoms with van der Waals surface area (Å²) in [5.41, 5.74) is 0.413. The zero-order valence-corrected chi connectivity index (χ0v) is 10.7. The monoisotopic (exact) mass is 272 g/mol. The first-order valence-electron chi connectivity index (χ1n) is 5.57. The Morgan fingerprint density at radius 2 is 1.89 bits per heavy atom. The lowest BCUT2D eigenvalue weighted by Gasteiger charge is -2.14. The van der Waals surface area contributed by atoms with Gasteiger partial charge in [-0.15, -0.1) is 11.3 Å². The minimum Gasteiger partial charge on any atom is -0.507 e. The van der Waals surface area contributed by atoms with E-state index in [0.717, 1.165) is 11.3 Å². The molecule has 3 rings (SSSR count). The van der Waals surface area contributed by atoms with Crippen molar-refractivity contribution in [1.29, 1.82) is 0 Å². The third-order valence-electron chi connectivity index (χ3n) is 3.04. The van der Waals surface area contributed by atoms with Crippen molar-refractivity contribution in [2.75, 3.05) is 0 Å². The second-order valence-electron chi connectivity index (χ2n) is 4.27. The van der Waals surface area contributed by atoms with Gasteiger partial charge in [0, 0.05) is 11.1 Å². The topological polar surface area (TPSA) is 71.4 Å². The number of aromatic hydroxyl groups is 1. The van der Waals surface area contributed by atoms with E-state index in [9.17, 15) is 19.5 Å². The third kappa shape index (κ3) is 1.55. The summed E-state index contributed by atoms with van der Waals surface area (Å²) in [4.78, 5) is 36.6. The van der Waals surface area contributed by atoms with Gasteiger partial charge in [0.25, 0.3) is 0 Å². The van der Waals surface area contributed by atoms with Gasteiger partial charge in [0.2, 0.25) is 5.78 Å². The predicted molar refractivity (Wildman–Crippen MR) is 69.3 cm³/mol. The van der Waals surface area contributed by atoms with Crippen LogP contribution in [0, 0.1) is 0 Å². The maximum Gasteiger partial charge on any atom is 0.204 e. The summed E-state index contributed by atoms with van der Waals surface area (Å²) < 4.78 is 0. The number of carbonyl (C=O) groups is 3. The number of hydrogen-bond donors (Lipinski definition) is 1. The Kier molecular flexibility index (Phi) is 2.40. The minimum absolute atomic E-state index is 0.0212. The van der Waals surface area contributed by atoms with Crippen LogP contribution in [0.3, 0.4) is 0 Å². The lowest BCUT2D eigenvalue weighted by Crippen LogP contribution is -2.18.